The summed E-state index contributed by atoms with van der Waals surface area (Å²) < 4.78 is 5.77. The third-order valence-electron chi connectivity index (χ3n) is 2.52. The highest BCUT2D eigenvalue weighted by Gasteiger charge is 2.22. The first-order valence-electron chi connectivity index (χ1n) is 5.58. The zero-order valence-electron chi connectivity index (χ0n) is 11.0. The molecule has 0 radical (unpaired) electrons. The zero-order chi connectivity index (χ0) is 14.9. The molecular weight excluding hydrogens is 266 g/mol. The largest absolute Gasteiger partial charge is 0.464 e. The van der Waals surface area contributed by atoms with Crippen molar-refractivity contribution < 1.29 is 14.5 Å². The second kappa shape index (κ2) is 5.03. The Hall–Kier alpha value is -2.84. The van der Waals surface area contributed by atoms with Crippen LogP contribution in [0.4, 0.5) is 5.69 Å². The summed E-state index contributed by atoms with van der Waals surface area (Å²) in [5.41, 5.74) is -0.314. The van der Waals surface area contributed by atoms with Gasteiger partial charge in [-0.3, -0.25) is 10.1 Å². The Balaban J connectivity index is 2.67. The Bertz CT molecular complexity index is 694. The van der Waals surface area contributed by atoms with E-state index in [4.69, 9.17) is 0 Å². The lowest BCUT2D eigenvalue weighted by Crippen LogP contribution is -2.11. The summed E-state index contributed by atoms with van der Waals surface area (Å²) in [5.74, 6) is 0.119. The number of pyridine rings is 1. The molecule has 2 rings (SSSR count). The molecule has 0 aliphatic carbocycles. The molecule has 0 spiro atoms. The van der Waals surface area contributed by atoms with Gasteiger partial charge in [0.1, 0.15) is 11.6 Å². The lowest BCUT2D eigenvalue weighted by molar-refractivity contribution is -0.385. The molecule has 0 saturated heterocycles. The van der Waals surface area contributed by atoms with Gasteiger partial charge < -0.3 is 4.74 Å². The molecule has 9 nitrogen and oxygen atoms in total. The number of hydrogen-bond donors (Lipinski definition) is 0. The van der Waals surface area contributed by atoms with Crippen molar-refractivity contribution >= 4 is 11.7 Å². The minimum atomic E-state index is -0.685. The predicted molar refractivity (Wildman–Crippen MR) is 66.6 cm³/mol. The molecule has 0 aliphatic rings. The number of carbonyl (C=O) groups is 1. The van der Waals surface area contributed by atoms with Crippen LogP contribution in [-0.2, 0) is 4.74 Å². The predicted octanol–water partition coefficient (Wildman–Crippen LogP) is 0.974. The third-order valence-corrected chi connectivity index (χ3v) is 2.52. The van der Waals surface area contributed by atoms with E-state index in [0.717, 1.165) is 0 Å². The zero-order valence-corrected chi connectivity index (χ0v) is 11.0. The number of ether oxygens (including phenoxy) is 1. The summed E-state index contributed by atoms with van der Waals surface area (Å²) >= 11 is 0. The minimum Gasteiger partial charge on any atom is -0.464 e. The van der Waals surface area contributed by atoms with Crippen molar-refractivity contribution in [2.45, 2.75) is 13.8 Å². The van der Waals surface area contributed by atoms with Crippen LogP contribution in [-0.4, -0.2) is 37.8 Å². The summed E-state index contributed by atoms with van der Waals surface area (Å²) in [7, 11) is 1.20. The van der Waals surface area contributed by atoms with Crippen LogP contribution in [0.25, 0.3) is 5.82 Å². The maximum atomic E-state index is 11.5. The van der Waals surface area contributed by atoms with Gasteiger partial charge in [0.05, 0.1) is 12.0 Å². The number of nitro groups is 1. The van der Waals surface area contributed by atoms with Gasteiger partial charge in [0, 0.05) is 6.07 Å². The lowest BCUT2D eigenvalue weighted by atomic mass is 10.3. The maximum Gasteiger partial charge on any atom is 0.356 e. The Morgan fingerprint density at radius 2 is 2.05 bits per heavy atom. The van der Waals surface area contributed by atoms with Crippen LogP contribution in [0.15, 0.2) is 12.1 Å². The van der Waals surface area contributed by atoms with Crippen molar-refractivity contribution in [3.05, 3.63) is 39.6 Å². The van der Waals surface area contributed by atoms with E-state index in [1.165, 1.54) is 23.9 Å². The molecule has 20 heavy (non-hydrogen) atoms. The normalized spacial score (nSPS) is 10.3. The highest BCUT2D eigenvalue weighted by molar-refractivity contribution is 5.87. The van der Waals surface area contributed by atoms with Crippen molar-refractivity contribution in [2.24, 2.45) is 0 Å². The number of hydrogen-bond acceptors (Lipinski definition) is 7. The van der Waals surface area contributed by atoms with E-state index in [1.807, 2.05) is 0 Å². The van der Waals surface area contributed by atoms with Gasteiger partial charge in [-0.15, -0.1) is 5.10 Å². The Morgan fingerprint density at radius 3 is 2.55 bits per heavy atom. The Labute approximate surface area is 113 Å². The number of aromatic nitrogens is 4. The molecule has 9 heteroatoms. The SMILES string of the molecule is COC(=O)c1ccc([N+](=O)[O-])c(-n2nc(C)nc2C)n1. The van der Waals surface area contributed by atoms with Gasteiger partial charge in [-0.05, 0) is 19.9 Å². The van der Waals surface area contributed by atoms with Gasteiger partial charge in [-0.2, -0.15) is 4.68 Å². The molecule has 2 aromatic heterocycles. The molecule has 0 unspecified atom stereocenters. The van der Waals surface area contributed by atoms with E-state index in [-0.39, 0.29) is 17.2 Å². The quantitative estimate of drug-likeness (QED) is 0.466. The summed E-state index contributed by atoms with van der Waals surface area (Å²) in [6, 6.07) is 2.41. The number of methoxy groups -OCH3 is 1. The van der Waals surface area contributed by atoms with Gasteiger partial charge in [0.25, 0.3) is 0 Å². The third kappa shape index (κ3) is 2.32. The summed E-state index contributed by atoms with van der Waals surface area (Å²) in [4.78, 5) is 29.9. The van der Waals surface area contributed by atoms with Gasteiger partial charge in [-0.25, -0.2) is 14.8 Å². The number of carbonyl (C=O) groups excluding carboxylic acids is 1. The molecule has 0 amide bonds. The molecule has 2 heterocycles. The summed E-state index contributed by atoms with van der Waals surface area (Å²) in [5, 5.41) is 15.1. The van der Waals surface area contributed by atoms with Crippen LogP contribution >= 0.6 is 0 Å². The molecule has 0 aromatic carbocycles. The van der Waals surface area contributed by atoms with E-state index in [1.54, 1.807) is 13.8 Å². The smallest absolute Gasteiger partial charge is 0.356 e. The van der Waals surface area contributed by atoms with E-state index in [9.17, 15) is 14.9 Å². The molecule has 0 aliphatic heterocycles. The molecular formula is C11H11N5O4. The van der Waals surface area contributed by atoms with E-state index in [2.05, 4.69) is 19.8 Å². The maximum absolute atomic E-state index is 11.5. The van der Waals surface area contributed by atoms with Crippen LogP contribution in [0.3, 0.4) is 0 Å². The first kappa shape index (κ1) is 13.6. The second-order valence-electron chi connectivity index (χ2n) is 3.91. The van der Waals surface area contributed by atoms with Crippen molar-refractivity contribution in [3.8, 4) is 5.82 Å². The monoisotopic (exact) mass is 277 g/mol. The van der Waals surface area contributed by atoms with E-state index >= 15 is 0 Å². The number of nitrogens with zero attached hydrogens (tertiary/aromatic N) is 5. The van der Waals surface area contributed by atoms with Gasteiger partial charge in [-0.1, -0.05) is 0 Å². The van der Waals surface area contributed by atoms with Crippen molar-refractivity contribution in [1.82, 2.24) is 19.7 Å². The standard InChI is InChI=1S/C11H11N5O4/c1-6-12-7(2)15(14-6)10-9(16(18)19)5-4-8(13-10)11(17)20-3/h4-5H,1-3H3. The molecule has 2 aromatic rings. The van der Waals surface area contributed by atoms with Crippen molar-refractivity contribution in [2.75, 3.05) is 7.11 Å². The first-order valence-corrected chi connectivity index (χ1v) is 5.58. The Morgan fingerprint density at radius 1 is 1.35 bits per heavy atom. The van der Waals surface area contributed by atoms with E-state index in [0.29, 0.717) is 11.6 Å². The number of esters is 1. The van der Waals surface area contributed by atoms with Gasteiger partial charge in [0.15, 0.2) is 5.69 Å². The van der Waals surface area contributed by atoms with Crippen molar-refractivity contribution in [1.29, 1.82) is 0 Å². The van der Waals surface area contributed by atoms with Crippen LogP contribution in [0, 0.1) is 24.0 Å². The second-order valence-corrected chi connectivity index (χ2v) is 3.91. The molecule has 0 atom stereocenters. The topological polar surface area (TPSA) is 113 Å². The highest BCUT2D eigenvalue weighted by Crippen LogP contribution is 2.21. The minimum absolute atomic E-state index is 0.0411. The lowest BCUT2D eigenvalue weighted by Gasteiger charge is -2.05. The van der Waals surface area contributed by atoms with E-state index < -0.39 is 10.9 Å². The Kier molecular flexibility index (Phi) is 3.42. The average Bonchev–Trinajstić information content (AvgIpc) is 2.75. The molecule has 104 valence electrons. The highest BCUT2D eigenvalue weighted by atomic mass is 16.6. The molecule has 0 fully saturated rings. The fraction of sp³-hybridized carbons (Fsp3) is 0.273. The fourth-order valence-corrected chi connectivity index (χ4v) is 1.68. The van der Waals surface area contributed by atoms with Crippen LogP contribution in [0.2, 0.25) is 0 Å². The van der Waals surface area contributed by atoms with Crippen LogP contribution in [0.1, 0.15) is 22.1 Å². The fourth-order valence-electron chi connectivity index (χ4n) is 1.68. The summed E-state index contributed by atoms with van der Waals surface area (Å²) in [6.45, 7) is 3.29. The van der Waals surface area contributed by atoms with Gasteiger partial charge >= 0.3 is 11.7 Å². The molecule has 0 bridgehead atoms. The van der Waals surface area contributed by atoms with Crippen molar-refractivity contribution in [3.63, 3.8) is 0 Å². The number of aryl methyl sites for hydroxylation is 2. The molecule has 0 saturated carbocycles. The van der Waals surface area contributed by atoms with Crippen LogP contribution < -0.4 is 0 Å². The average molecular weight is 277 g/mol. The first-order chi connectivity index (χ1) is 9.43. The van der Waals surface area contributed by atoms with Gasteiger partial charge in [0.2, 0.25) is 5.82 Å². The number of rotatable bonds is 3. The summed E-state index contributed by atoms with van der Waals surface area (Å²) in [6.07, 6.45) is 0. The molecule has 0 N–H and O–H groups in total. The van der Waals surface area contributed by atoms with Crippen LogP contribution in [0.5, 0.6) is 0 Å².